The fraction of sp³-hybridized carbons (Fsp3) is 0.562. The van der Waals surface area contributed by atoms with E-state index in [9.17, 15) is 9.59 Å². The summed E-state index contributed by atoms with van der Waals surface area (Å²) in [7, 11) is 0. The molecule has 0 aliphatic carbocycles. The average molecular weight is 491 g/mol. The van der Waals surface area contributed by atoms with Crippen LogP contribution in [-0.4, -0.2) is 47.2 Å². The van der Waals surface area contributed by atoms with Gasteiger partial charge in [0, 0.05) is 43.2 Å². The van der Waals surface area contributed by atoms with E-state index in [0.29, 0.717) is 18.9 Å². The number of Topliss-reactive ketones (excluding diaryl/α,β-unsaturated/α-hetero) is 1. The first-order chi connectivity index (χ1) is 17.4. The summed E-state index contributed by atoms with van der Waals surface area (Å²) in [4.78, 5) is 30.5. The van der Waals surface area contributed by atoms with Crippen LogP contribution in [0.15, 0.2) is 48.5 Å². The van der Waals surface area contributed by atoms with Gasteiger partial charge in [-0.1, -0.05) is 76.9 Å². The van der Waals surface area contributed by atoms with Crippen molar-refractivity contribution in [1.82, 2.24) is 9.80 Å². The summed E-state index contributed by atoms with van der Waals surface area (Å²) in [6, 6.07) is 16.3. The number of likely N-dealkylation sites (tertiary alicyclic amines) is 1. The largest absolute Gasteiger partial charge is 0.331 e. The lowest BCUT2D eigenvalue weighted by atomic mass is 9.99. The van der Waals surface area contributed by atoms with Gasteiger partial charge in [-0.3, -0.25) is 9.59 Å². The average Bonchev–Trinajstić information content (AvgIpc) is 2.91. The number of carbonyl (C=O) groups is 2. The van der Waals surface area contributed by atoms with Crippen molar-refractivity contribution in [2.45, 2.75) is 91.6 Å². The van der Waals surface area contributed by atoms with Crippen LogP contribution in [-0.2, 0) is 13.0 Å². The zero-order chi connectivity index (χ0) is 25.9. The summed E-state index contributed by atoms with van der Waals surface area (Å²) in [6.45, 7) is 12.5. The second kappa shape index (κ2) is 14.3. The molecule has 0 aromatic heterocycles. The molecule has 36 heavy (non-hydrogen) atoms. The zero-order valence-corrected chi connectivity index (χ0v) is 23.0. The number of benzene rings is 2. The third kappa shape index (κ3) is 8.30. The van der Waals surface area contributed by atoms with Crippen molar-refractivity contribution in [3.63, 3.8) is 0 Å². The summed E-state index contributed by atoms with van der Waals surface area (Å²) in [5.74, 6) is 0.986. The molecule has 1 aliphatic heterocycles. The van der Waals surface area contributed by atoms with E-state index in [4.69, 9.17) is 0 Å². The molecule has 2 aromatic rings. The van der Waals surface area contributed by atoms with Gasteiger partial charge in [0.25, 0.3) is 5.91 Å². The fourth-order valence-corrected chi connectivity index (χ4v) is 5.02. The van der Waals surface area contributed by atoms with Gasteiger partial charge < -0.3 is 9.80 Å². The number of amides is 1. The molecule has 1 heterocycles. The SMILES string of the molecule is CCCCCc1ccc(C(=O)N(Cc2ccc(C(=O)CC)cc2)C2CCN(CCC(C)C)CC2)cc1. The van der Waals surface area contributed by atoms with Gasteiger partial charge in [-0.15, -0.1) is 0 Å². The Bertz CT molecular complexity index is 941. The van der Waals surface area contributed by atoms with Gasteiger partial charge in [-0.05, 0) is 67.8 Å². The van der Waals surface area contributed by atoms with E-state index in [1.54, 1.807) is 0 Å². The molecular formula is C32H46N2O2. The Balaban J connectivity index is 1.73. The molecule has 0 bridgehead atoms. The Hall–Kier alpha value is -2.46. The molecule has 4 heteroatoms. The van der Waals surface area contributed by atoms with E-state index in [1.807, 2.05) is 43.3 Å². The second-order valence-corrected chi connectivity index (χ2v) is 10.8. The van der Waals surface area contributed by atoms with Crippen molar-refractivity contribution < 1.29 is 9.59 Å². The number of aryl methyl sites for hydroxylation is 1. The minimum absolute atomic E-state index is 0.115. The maximum Gasteiger partial charge on any atom is 0.254 e. The van der Waals surface area contributed by atoms with Crippen LogP contribution >= 0.6 is 0 Å². The zero-order valence-electron chi connectivity index (χ0n) is 23.0. The highest BCUT2D eigenvalue weighted by Crippen LogP contribution is 2.23. The number of hydrogen-bond donors (Lipinski definition) is 0. The lowest BCUT2D eigenvalue weighted by Gasteiger charge is -2.39. The van der Waals surface area contributed by atoms with Gasteiger partial charge in [0.1, 0.15) is 0 Å². The van der Waals surface area contributed by atoms with Crippen molar-refractivity contribution in [2.24, 2.45) is 5.92 Å². The molecule has 4 nitrogen and oxygen atoms in total. The number of ketones is 1. The number of carbonyl (C=O) groups excluding carboxylic acids is 2. The Morgan fingerprint density at radius 3 is 2.08 bits per heavy atom. The van der Waals surface area contributed by atoms with Crippen LogP contribution in [0.4, 0.5) is 0 Å². The Morgan fingerprint density at radius 2 is 1.50 bits per heavy atom. The highest BCUT2D eigenvalue weighted by Gasteiger charge is 2.29. The number of unbranched alkanes of at least 4 members (excludes halogenated alkanes) is 2. The molecule has 0 saturated carbocycles. The number of nitrogens with zero attached hydrogens (tertiary/aromatic N) is 2. The number of rotatable bonds is 13. The minimum Gasteiger partial charge on any atom is -0.331 e. The first-order valence-electron chi connectivity index (χ1n) is 14.2. The molecule has 2 aromatic carbocycles. The van der Waals surface area contributed by atoms with Crippen molar-refractivity contribution in [3.05, 3.63) is 70.8 Å². The monoisotopic (exact) mass is 490 g/mol. The molecule has 1 aliphatic rings. The van der Waals surface area contributed by atoms with E-state index in [-0.39, 0.29) is 17.7 Å². The van der Waals surface area contributed by atoms with Crippen LogP contribution in [0.5, 0.6) is 0 Å². The van der Waals surface area contributed by atoms with Crippen LogP contribution in [0, 0.1) is 5.92 Å². The van der Waals surface area contributed by atoms with E-state index in [1.165, 1.54) is 31.2 Å². The molecule has 1 amide bonds. The van der Waals surface area contributed by atoms with Gasteiger partial charge in [0.05, 0.1) is 0 Å². The van der Waals surface area contributed by atoms with Crippen LogP contribution < -0.4 is 0 Å². The van der Waals surface area contributed by atoms with Crippen LogP contribution in [0.3, 0.4) is 0 Å². The van der Waals surface area contributed by atoms with E-state index in [0.717, 1.165) is 55.6 Å². The molecule has 0 radical (unpaired) electrons. The van der Waals surface area contributed by atoms with Gasteiger partial charge in [-0.2, -0.15) is 0 Å². The highest BCUT2D eigenvalue weighted by molar-refractivity contribution is 5.96. The maximum absolute atomic E-state index is 13.8. The summed E-state index contributed by atoms with van der Waals surface area (Å²) in [5, 5.41) is 0. The van der Waals surface area contributed by atoms with Gasteiger partial charge in [0.2, 0.25) is 0 Å². The molecule has 0 unspecified atom stereocenters. The van der Waals surface area contributed by atoms with E-state index >= 15 is 0 Å². The number of hydrogen-bond acceptors (Lipinski definition) is 3. The molecule has 1 saturated heterocycles. The van der Waals surface area contributed by atoms with Crippen LogP contribution in [0.25, 0.3) is 0 Å². The first kappa shape index (κ1) is 28.1. The van der Waals surface area contributed by atoms with Crippen LogP contribution in [0.1, 0.15) is 104 Å². The van der Waals surface area contributed by atoms with Gasteiger partial charge in [-0.25, -0.2) is 0 Å². The smallest absolute Gasteiger partial charge is 0.254 e. The van der Waals surface area contributed by atoms with Crippen molar-refractivity contribution >= 4 is 11.7 Å². The molecule has 0 spiro atoms. The Kier molecular flexibility index (Phi) is 11.2. The summed E-state index contributed by atoms with van der Waals surface area (Å²) in [5.41, 5.74) is 3.90. The molecule has 0 N–H and O–H groups in total. The van der Waals surface area contributed by atoms with Crippen molar-refractivity contribution in [1.29, 1.82) is 0 Å². The molecule has 1 fully saturated rings. The first-order valence-corrected chi connectivity index (χ1v) is 14.2. The van der Waals surface area contributed by atoms with Crippen molar-refractivity contribution in [3.8, 4) is 0 Å². The minimum atomic E-state index is 0.115. The normalized spacial score (nSPS) is 14.8. The predicted octanol–water partition coefficient (Wildman–Crippen LogP) is 7.16. The third-order valence-corrected chi connectivity index (χ3v) is 7.50. The van der Waals surface area contributed by atoms with Gasteiger partial charge in [0.15, 0.2) is 5.78 Å². The Morgan fingerprint density at radius 1 is 0.889 bits per heavy atom. The molecule has 3 rings (SSSR count). The standard InChI is InChI=1S/C32H46N2O2/c1-5-7-8-9-26-10-16-29(17-11-26)32(36)34(24-27-12-14-28(15-13-27)31(35)6-2)30-19-22-33(23-20-30)21-18-25(3)4/h10-17,25,30H,5-9,18-24H2,1-4H3. The maximum atomic E-state index is 13.8. The second-order valence-electron chi connectivity index (χ2n) is 10.8. The third-order valence-electron chi connectivity index (χ3n) is 7.50. The molecule has 196 valence electrons. The predicted molar refractivity (Wildman–Crippen MR) is 150 cm³/mol. The topological polar surface area (TPSA) is 40.6 Å². The quantitative estimate of drug-likeness (QED) is 0.221. The van der Waals surface area contributed by atoms with E-state index < -0.39 is 0 Å². The van der Waals surface area contributed by atoms with Crippen LogP contribution in [0.2, 0.25) is 0 Å². The Labute approximate surface area is 219 Å². The molecule has 0 atom stereocenters. The summed E-state index contributed by atoms with van der Waals surface area (Å²) in [6.07, 6.45) is 8.47. The fourth-order valence-electron chi connectivity index (χ4n) is 5.02. The van der Waals surface area contributed by atoms with Gasteiger partial charge >= 0.3 is 0 Å². The van der Waals surface area contributed by atoms with E-state index in [2.05, 4.69) is 42.7 Å². The number of piperidine rings is 1. The highest BCUT2D eigenvalue weighted by atomic mass is 16.2. The lowest BCUT2D eigenvalue weighted by molar-refractivity contribution is 0.0546. The summed E-state index contributed by atoms with van der Waals surface area (Å²) >= 11 is 0. The molecular weight excluding hydrogens is 444 g/mol. The van der Waals surface area contributed by atoms with Crippen molar-refractivity contribution in [2.75, 3.05) is 19.6 Å². The summed E-state index contributed by atoms with van der Waals surface area (Å²) < 4.78 is 0. The lowest BCUT2D eigenvalue weighted by Crippen LogP contribution is -2.47.